The molecule has 3 aromatic rings. The van der Waals surface area contributed by atoms with Crippen LogP contribution in [0.25, 0.3) is 11.1 Å². The summed E-state index contributed by atoms with van der Waals surface area (Å²) in [6.45, 7) is 5.90. The van der Waals surface area contributed by atoms with Crippen molar-refractivity contribution in [1.29, 1.82) is 0 Å². The lowest BCUT2D eigenvalue weighted by atomic mass is 10.0. The normalized spacial score (nSPS) is 10.4. The summed E-state index contributed by atoms with van der Waals surface area (Å²) in [5.41, 5.74) is 6.36. The predicted molar refractivity (Wildman–Crippen MR) is 111 cm³/mol. The van der Waals surface area contributed by atoms with Crippen molar-refractivity contribution in [3.63, 3.8) is 0 Å². The highest BCUT2D eigenvalue weighted by atomic mass is 16.5. The SMILES string of the molecule is COc1c(C)cnc(COC(=O)Nc2cc(C)cc(-c3ccccc3)c2)c1C. The van der Waals surface area contributed by atoms with Crippen molar-refractivity contribution in [3.05, 3.63) is 77.1 Å². The number of nitrogens with one attached hydrogen (secondary N) is 1. The second-order valence-corrected chi connectivity index (χ2v) is 6.70. The van der Waals surface area contributed by atoms with Gasteiger partial charge in [-0.25, -0.2) is 4.79 Å². The molecule has 1 aromatic heterocycles. The number of rotatable bonds is 5. The summed E-state index contributed by atoms with van der Waals surface area (Å²) in [6.07, 6.45) is 1.19. The van der Waals surface area contributed by atoms with E-state index >= 15 is 0 Å². The number of carbonyl (C=O) groups is 1. The molecule has 28 heavy (non-hydrogen) atoms. The third kappa shape index (κ3) is 4.49. The van der Waals surface area contributed by atoms with Crippen LogP contribution in [-0.2, 0) is 11.3 Å². The molecule has 144 valence electrons. The molecule has 0 saturated carbocycles. The van der Waals surface area contributed by atoms with Gasteiger partial charge in [0.1, 0.15) is 12.4 Å². The average Bonchev–Trinajstić information content (AvgIpc) is 2.68. The Balaban J connectivity index is 1.70. The smallest absolute Gasteiger partial charge is 0.412 e. The number of aryl methyl sites for hydroxylation is 2. The first-order chi connectivity index (χ1) is 13.5. The molecule has 1 N–H and O–H groups in total. The molecule has 0 spiro atoms. The van der Waals surface area contributed by atoms with Crippen LogP contribution in [0.1, 0.15) is 22.4 Å². The molecule has 0 aliphatic rings. The van der Waals surface area contributed by atoms with Gasteiger partial charge in [0.05, 0.1) is 12.8 Å². The minimum atomic E-state index is -0.523. The maximum atomic E-state index is 12.3. The second-order valence-electron chi connectivity index (χ2n) is 6.70. The van der Waals surface area contributed by atoms with Crippen LogP contribution in [0.15, 0.2) is 54.7 Å². The van der Waals surface area contributed by atoms with Crippen LogP contribution in [-0.4, -0.2) is 18.2 Å². The highest BCUT2D eigenvalue weighted by Gasteiger charge is 2.12. The van der Waals surface area contributed by atoms with Crippen LogP contribution in [0.2, 0.25) is 0 Å². The molecule has 0 fully saturated rings. The Bertz CT molecular complexity index is 985. The number of ether oxygens (including phenoxy) is 2. The van der Waals surface area contributed by atoms with Crippen molar-refractivity contribution in [1.82, 2.24) is 4.98 Å². The Kier molecular flexibility index (Phi) is 5.94. The van der Waals surface area contributed by atoms with E-state index in [-0.39, 0.29) is 6.61 Å². The summed E-state index contributed by atoms with van der Waals surface area (Å²) >= 11 is 0. The third-order valence-electron chi connectivity index (χ3n) is 4.52. The summed E-state index contributed by atoms with van der Waals surface area (Å²) in [7, 11) is 1.62. The molecule has 0 bridgehead atoms. The van der Waals surface area contributed by atoms with Gasteiger partial charge in [0, 0.05) is 23.0 Å². The van der Waals surface area contributed by atoms with Gasteiger partial charge in [-0.15, -0.1) is 0 Å². The maximum absolute atomic E-state index is 12.3. The second kappa shape index (κ2) is 8.57. The molecule has 1 amide bonds. The first-order valence-electron chi connectivity index (χ1n) is 9.08. The number of anilines is 1. The highest BCUT2D eigenvalue weighted by Crippen LogP contribution is 2.26. The van der Waals surface area contributed by atoms with E-state index in [0.717, 1.165) is 33.6 Å². The minimum absolute atomic E-state index is 0.0751. The topological polar surface area (TPSA) is 60.5 Å². The molecule has 0 radical (unpaired) electrons. The summed E-state index contributed by atoms with van der Waals surface area (Å²) < 4.78 is 10.8. The van der Waals surface area contributed by atoms with Crippen molar-refractivity contribution in [3.8, 4) is 16.9 Å². The predicted octanol–water partition coefficient (Wildman–Crippen LogP) is 5.43. The molecule has 0 aliphatic carbocycles. The van der Waals surface area contributed by atoms with Crippen molar-refractivity contribution >= 4 is 11.8 Å². The Labute approximate surface area is 165 Å². The van der Waals surface area contributed by atoms with Crippen LogP contribution in [0, 0.1) is 20.8 Å². The molecule has 2 aromatic carbocycles. The van der Waals surface area contributed by atoms with E-state index < -0.39 is 6.09 Å². The van der Waals surface area contributed by atoms with Gasteiger partial charge in [-0.1, -0.05) is 36.4 Å². The van der Waals surface area contributed by atoms with E-state index in [9.17, 15) is 4.79 Å². The Hall–Kier alpha value is -3.34. The molecular formula is C23H24N2O3. The van der Waals surface area contributed by atoms with Crippen LogP contribution in [0.5, 0.6) is 5.75 Å². The van der Waals surface area contributed by atoms with E-state index in [4.69, 9.17) is 9.47 Å². The van der Waals surface area contributed by atoms with Crippen LogP contribution >= 0.6 is 0 Å². The number of hydrogen-bond acceptors (Lipinski definition) is 4. The van der Waals surface area contributed by atoms with Gasteiger partial charge in [-0.2, -0.15) is 0 Å². The lowest BCUT2D eigenvalue weighted by Gasteiger charge is -2.13. The zero-order valence-electron chi connectivity index (χ0n) is 16.6. The quantitative estimate of drug-likeness (QED) is 0.645. The van der Waals surface area contributed by atoms with Gasteiger partial charge in [-0.3, -0.25) is 10.3 Å². The van der Waals surface area contributed by atoms with E-state index in [1.54, 1.807) is 13.3 Å². The van der Waals surface area contributed by atoms with E-state index in [1.807, 2.05) is 63.2 Å². The fourth-order valence-electron chi connectivity index (χ4n) is 3.16. The number of nitrogens with zero attached hydrogens (tertiary/aromatic N) is 1. The average molecular weight is 376 g/mol. The monoisotopic (exact) mass is 376 g/mol. The van der Waals surface area contributed by atoms with Crippen molar-refractivity contribution in [2.45, 2.75) is 27.4 Å². The number of carbonyl (C=O) groups excluding carboxylic acids is 1. The molecule has 5 nitrogen and oxygen atoms in total. The number of methoxy groups -OCH3 is 1. The fraction of sp³-hybridized carbons (Fsp3) is 0.217. The number of aromatic nitrogens is 1. The third-order valence-corrected chi connectivity index (χ3v) is 4.52. The highest BCUT2D eigenvalue weighted by molar-refractivity contribution is 5.86. The Morgan fingerprint density at radius 1 is 1.04 bits per heavy atom. The van der Waals surface area contributed by atoms with Gasteiger partial charge in [0.25, 0.3) is 0 Å². The fourth-order valence-corrected chi connectivity index (χ4v) is 3.16. The number of pyridine rings is 1. The van der Waals surface area contributed by atoms with Gasteiger partial charge in [-0.05, 0) is 49.6 Å². The molecule has 3 rings (SSSR count). The van der Waals surface area contributed by atoms with Crippen molar-refractivity contribution in [2.75, 3.05) is 12.4 Å². The maximum Gasteiger partial charge on any atom is 0.412 e. The van der Waals surface area contributed by atoms with Crippen LogP contribution < -0.4 is 10.1 Å². The van der Waals surface area contributed by atoms with Gasteiger partial charge in [0.2, 0.25) is 0 Å². The van der Waals surface area contributed by atoms with Gasteiger partial charge in [0.15, 0.2) is 0 Å². The molecule has 5 heteroatoms. The van der Waals surface area contributed by atoms with Gasteiger partial charge < -0.3 is 9.47 Å². The number of hydrogen-bond donors (Lipinski definition) is 1. The lowest BCUT2D eigenvalue weighted by molar-refractivity contribution is 0.153. The lowest BCUT2D eigenvalue weighted by Crippen LogP contribution is -2.15. The number of benzene rings is 2. The molecule has 0 saturated heterocycles. The first-order valence-corrected chi connectivity index (χ1v) is 9.08. The van der Waals surface area contributed by atoms with Crippen molar-refractivity contribution in [2.24, 2.45) is 0 Å². The number of amides is 1. The summed E-state index contributed by atoms with van der Waals surface area (Å²) in [5, 5.41) is 2.80. The Morgan fingerprint density at radius 3 is 2.50 bits per heavy atom. The van der Waals surface area contributed by atoms with Crippen molar-refractivity contribution < 1.29 is 14.3 Å². The zero-order chi connectivity index (χ0) is 20.1. The molecular weight excluding hydrogens is 352 g/mol. The van der Waals surface area contributed by atoms with E-state index in [0.29, 0.717) is 11.4 Å². The minimum Gasteiger partial charge on any atom is -0.496 e. The molecule has 0 aliphatic heterocycles. The van der Waals surface area contributed by atoms with Crippen LogP contribution in [0.3, 0.4) is 0 Å². The van der Waals surface area contributed by atoms with E-state index in [1.165, 1.54) is 0 Å². The van der Waals surface area contributed by atoms with Crippen LogP contribution in [0.4, 0.5) is 10.5 Å². The molecule has 1 heterocycles. The largest absolute Gasteiger partial charge is 0.496 e. The summed E-state index contributed by atoms with van der Waals surface area (Å²) in [5.74, 6) is 0.764. The summed E-state index contributed by atoms with van der Waals surface area (Å²) in [4.78, 5) is 16.6. The van der Waals surface area contributed by atoms with E-state index in [2.05, 4.69) is 16.4 Å². The molecule has 0 atom stereocenters. The van der Waals surface area contributed by atoms with Gasteiger partial charge >= 0.3 is 6.09 Å². The standard InChI is InChI=1S/C23H24N2O3/c1-15-10-19(18-8-6-5-7-9-18)12-20(11-15)25-23(26)28-14-21-17(3)22(27-4)16(2)13-24-21/h5-13H,14H2,1-4H3,(H,25,26). The first kappa shape index (κ1) is 19.4. The molecule has 0 unspecified atom stereocenters. The zero-order valence-corrected chi connectivity index (χ0v) is 16.6. The Morgan fingerprint density at radius 2 is 1.79 bits per heavy atom. The summed E-state index contributed by atoms with van der Waals surface area (Å²) in [6, 6.07) is 16.0.